The number of ether oxygens (including phenoxy) is 1. The summed E-state index contributed by atoms with van der Waals surface area (Å²) in [6.07, 6.45) is 3.78. The number of nitrogen functional groups attached to an aromatic ring is 1. The molecule has 0 saturated carbocycles. The van der Waals surface area contributed by atoms with E-state index in [0.29, 0.717) is 5.41 Å². The number of anilines is 2. The number of hydrogen-bond donors (Lipinski definition) is 1. The van der Waals surface area contributed by atoms with Gasteiger partial charge in [0.2, 0.25) is 0 Å². The van der Waals surface area contributed by atoms with Crippen LogP contribution in [-0.2, 0) is 0 Å². The van der Waals surface area contributed by atoms with Crippen molar-refractivity contribution in [1.82, 2.24) is 0 Å². The molecule has 1 fully saturated rings. The highest BCUT2D eigenvalue weighted by molar-refractivity contribution is 5.74. The third-order valence-corrected chi connectivity index (χ3v) is 4.56. The molecule has 0 radical (unpaired) electrons. The van der Waals surface area contributed by atoms with Crippen LogP contribution in [0.5, 0.6) is 5.75 Å². The Morgan fingerprint density at radius 3 is 2.60 bits per heavy atom. The van der Waals surface area contributed by atoms with Crippen LogP contribution in [0.1, 0.15) is 40.0 Å². The van der Waals surface area contributed by atoms with Crippen LogP contribution in [0.2, 0.25) is 0 Å². The van der Waals surface area contributed by atoms with E-state index < -0.39 is 0 Å². The molecule has 1 aromatic carbocycles. The van der Waals surface area contributed by atoms with E-state index in [4.69, 9.17) is 10.5 Å². The number of para-hydroxylation sites is 1. The average Bonchev–Trinajstić information content (AvgIpc) is 2.64. The molecule has 1 saturated heterocycles. The van der Waals surface area contributed by atoms with E-state index in [1.165, 1.54) is 19.3 Å². The number of methoxy groups -OCH3 is 1. The van der Waals surface area contributed by atoms with Gasteiger partial charge < -0.3 is 15.4 Å². The maximum atomic E-state index is 6.23. The molecule has 0 aliphatic carbocycles. The highest BCUT2D eigenvalue weighted by atomic mass is 16.5. The average molecular weight is 276 g/mol. The van der Waals surface area contributed by atoms with Gasteiger partial charge in [-0.1, -0.05) is 26.8 Å². The summed E-state index contributed by atoms with van der Waals surface area (Å²) >= 11 is 0. The Hall–Kier alpha value is -1.38. The van der Waals surface area contributed by atoms with Crippen LogP contribution < -0.4 is 15.4 Å². The zero-order valence-electron chi connectivity index (χ0n) is 13.3. The Kier molecular flexibility index (Phi) is 4.46. The molecular weight excluding hydrogens is 248 g/mol. The van der Waals surface area contributed by atoms with Crippen LogP contribution in [0.3, 0.4) is 0 Å². The molecule has 0 spiro atoms. The van der Waals surface area contributed by atoms with Crippen LogP contribution in [-0.4, -0.2) is 20.2 Å². The van der Waals surface area contributed by atoms with Crippen molar-refractivity contribution in [2.75, 3.05) is 30.8 Å². The molecule has 0 amide bonds. The first-order chi connectivity index (χ1) is 9.43. The molecule has 1 aliphatic rings. The summed E-state index contributed by atoms with van der Waals surface area (Å²) in [4.78, 5) is 2.42. The monoisotopic (exact) mass is 276 g/mol. The molecule has 3 heteroatoms. The smallest absolute Gasteiger partial charge is 0.143 e. The van der Waals surface area contributed by atoms with Crippen LogP contribution >= 0.6 is 0 Å². The van der Waals surface area contributed by atoms with E-state index in [0.717, 1.165) is 36.1 Å². The summed E-state index contributed by atoms with van der Waals surface area (Å²) in [6, 6.07) is 6.06. The normalized spacial score (nSPS) is 20.6. The summed E-state index contributed by atoms with van der Waals surface area (Å²) in [7, 11) is 1.67. The molecular formula is C17H28N2O. The lowest BCUT2D eigenvalue weighted by Gasteiger charge is -2.30. The highest BCUT2D eigenvalue weighted by Gasteiger charge is 2.27. The van der Waals surface area contributed by atoms with E-state index >= 15 is 0 Å². The topological polar surface area (TPSA) is 38.5 Å². The van der Waals surface area contributed by atoms with E-state index in [2.05, 4.69) is 31.7 Å². The third kappa shape index (κ3) is 3.20. The second kappa shape index (κ2) is 5.94. The molecule has 2 rings (SSSR count). The summed E-state index contributed by atoms with van der Waals surface area (Å²) in [5.74, 6) is 1.57. The molecule has 1 atom stereocenters. The van der Waals surface area contributed by atoms with Gasteiger partial charge in [-0.05, 0) is 42.7 Å². The molecule has 1 aliphatic heterocycles. The summed E-state index contributed by atoms with van der Waals surface area (Å²) in [5.41, 5.74) is 8.52. The minimum Gasteiger partial charge on any atom is -0.495 e. The molecule has 2 N–H and O–H groups in total. The molecule has 1 unspecified atom stereocenters. The maximum absolute atomic E-state index is 6.23. The second-order valence-electron chi connectivity index (χ2n) is 6.87. The first kappa shape index (κ1) is 15.0. The van der Waals surface area contributed by atoms with E-state index in [-0.39, 0.29) is 0 Å². The lowest BCUT2D eigenvalue weighted by atomic mass is 9.77. The van der Waals surface area contributed by atoms with Crippen molar-refractivity contribution in [3.05, 3.63) is 18.2 Å². The lowest BCUT2D eigenvalue weighted by molar-refractivity contribution is 0.220. The zero-order valence-corrected chi connectivity index (χ0v) is 13.3. The molecule has 20 heavy (non-hydrogen) atoms. The van der Waals surface area contributed by atoms with Crippen molar-refractivity contribution < 1.29 is 4.74 Å². The molecule has 1 aromatic rings. The zero-order chi connectivity index (χ0) is 14.8. The predicted octanol–water partition coefficient (Wildman–Crippen LogP) is 3.93. The van der Waals surface area contributed by atoms with Crippen LogP contribution in [0.25, 0.3) is 0 Å². The summed E-state index contributed by atoms with van der Waals surface area (Å²) < 4.78 is 5.33. The van der Waals surface area contributed by atoms with Gasteiger partial charge in [-0.25, -0.2) is 0 Å². The Morgan fingerprint density at radius 2 is 1.95 bits per heavy atom. The highest BCUT2D eigenvalue weighted by Crippen LogP contribution is 2.37. The van der Waals surface area contributed by atoms with Gasteiger partial charge in [0.1, 0.15) is 5.75 Å². The van der Waals surface area contributed by atoms with Gasteiger partial charge in [-0.3, -0.25) is 0 Å². The standard InChI is InChI=1S/C17H28N2O/c1-17(2,3)13-7-6-11-19(12-10-13)14-8-5-9-15(20-4)16(14)18/h5,8-9,13H,6-7,10-12,18H2,1-4H3. The van der Waals surface area contributed by atoms with Crippen molar-refractivity contribution in [1.29, 1.82) is 0 Å². The summed E-state index contributed by atoms with van der Waals surface area (Å²) in [6.45, 7) is 9.23. The molecule has 3 nitrogen and oxygen atoms in total. The van der Waals surface area contributed by atoms with Gasteiger partial charge in [0.25, 0.3) is 0 Å². The third-order valence-electron chi connectivity index (χ3n) is 4.56. The minimum absolute atomic E-state index is 0.399. The van der Waals surface area contributed by atoms with Crippen molar-refractivity contribution in [3.63, 3.8) is 0 Å². The molecule has 0 aromatic heterocycles. The fourth-order valence-corrected chi connectivity index (χ4v) is 3.19. The predicted molar refractivity (Wildman–Crippen MR) is 86.4 cm³/mol. The van der Waals surface area contributed by atoms with Gasteiger partial charge in [0.05, 0.1) is 18.5 Å². The van der Waals surface area contributed by atoms with Crippen LogP contribution in [0, 0.1) is 11.3 Å². The van der Waals surface area contributed by atoms with Gasteiger partial charge in [-0.2, -0.15) is 0 Å². The van der Waals surface area contributed by atoms with Gasteiger partial charge in [0.15, 0.2) is 0 Å². The Balaban J connectivity index is 2.15. The molecule has 0 bridgehead atoms. The first-order valence-electron chi connectivity index (χ1n) is 7.61. The van der Waals surface area contributed by atoms with E-state index in [9.17, 15) is 0 Å². The van der Waals surface area contributed by atoms with Crippen molar-refractivity contribution in [2.45, 2.75) is 40.0 Å². The number of hydrogen-bond acceptors (Lipinski definition) is 3. The lowest BCUT2D eigenvalue weighted by Crippen LogP contribution is -2.26. The van der Waals surface area contributed by atoms with Crippen LogP contribution in [0.4, 0.5) is 11.4 Å². The largest absolute Gasteiger partial charge is 0.495 e. The van der Waals surface area contributed by atoms with Crippen molar-refractivity contribution in [2.24, 2.45) is 11.3 Å². The Morgan fingerprint density at radius 1 is 1.20 bits per heavy atom. The fourth-order valence-electron chi connectivity index (χ4n) is 3.19. The fraction of sp³-hybridized carbons (Fsp3) is 0.647. The number of nitrogens with two attached hydrogens (primary N) is 1. The number of rotatable bonds is 2. The summed E-state index contributed by atoms with van der Waals surface area (Å²) in [5, 5.41) is 0. The SMILES string of the molecule is COc1cccc(N2CCCC(C(C)(C)C)CC2)c1N. The van der Waals surface area contributed by atoms with E-state index in [1.807, 2.05) is 12.1 Å². The van der Waals surface area contributed by atoms with Crippen molar-refractivity contribution >= 4 is 11.4 Å². The quantitative estimate of drug-likeness (QED) is 0.832. The van der Waals surface area contributed by atoms with Crippen molar-refractivity contribution in [3.8, 4) is 5.75 Å². The maximum Gasteiger partial charge on any atom is 0.143 e. The number of benzene rings is 1. The number of nitrogens with zero attached hydrogens (tertiary/aromatic N) is 1. The second-order valence-corrected chi connectivity index (χ2v) is 6.87. The Labute approximate surface area is 123 Å². The van der Waals surface area contributed by atoms with Gasteiger partial charge in [-0.15, -0.1) is 0 Å². The van der Waals surface area contributed by atoms with Gasteiger partial charge in [0, 0.05) is 13.1 Å². The van der Waals surface area contributed by atoms with Crippen LogP contribution in [0.15, 0.2) is 18.2 Å². The molecule has 1 heterocycles. The minimum atomic E-state index is 0.399. The Bertz CT molecular complexity index is 451. The first-order valence-corrected chi connectivity index (χ1v) is 7.61. The molecule has 112 valence electrons. The van der Waals surface area contributed by atoms with Gasteiger partial charge >= 0.3 is 0 Å². The van der Waals surface area contributed by atoms with E-state index in [1.54, 1.807) is 7.11 Å².